The van der Waals surface area contributed by atoms with Gasteiger partial charge < -0.3 is 19.8 Å². The summed E-state index contributed by atoms with van der Waals surface area (Å²) in [4.78, 5) is 23.3. The maximum atomic E-state index is 13.0. The van der Waals surface area contributed by atoms with Crippen LogP contribution in [-0.4, -0.2) is 73.4 Å². The van der Waals surface area contributed by atoms with Gasteiger partial charge in [-0.1, -0.05) is 253 Å². The fourth-order valence-corrected chi connectivity index (χ4v) is 8.84. The predicted octanol–water partition coefficient (Wildman–Crippen LogP) is 17.6. The van der Waals surface area contributed by atoms with Crippen molar-refractivity contribution in [3.8, 4) is 0 Å². The van der Waals surface area contributed by atoms with Crippen molar-refractivity contribution in [1.82, 2.24) is 5.32 Å². The number of amides is 1. The first-order valence-corrected chi connectivity index (χ1v) is 30.5. The van der Waals surface area contributed by atoms with Crippen LogP contribution < -0.4 is 5.32 Å². The first kappa shape index (κ1) is 67.7. The molecule has 3 unspecified atom stereocenters. The molecule has 0 aromatic carbocycles. The lowest BCUT2D eigenvalue weighted by Crippen LogP contribution is -2.45. The van der Waals surface area contributed by atoms with Crippen LogP contribution >= 0.6 is 7.82 Å². The van der Waals surface area contributed by atoms with Crippen molar-refractivity contribution in [2.24, 2.45) is 0 Å². The Bertz CT molecular complexity index is 1410. The van der Waals surface area contributed by atoms with Crippen LogP contribution in [0.4, 0.5) is 0 Å². The Kier molecular flexibility index (Phi) is 49.9. The SMILES string of the molecule is CC/C=C\C/C=C\C/C=C\C/C=C\C/C=C\C/C=C\CCCCCCCCC(=O)NC(COP(=O)(O)OCC[N+](C)(C)C)C(O)/C=C/CCCCCCCCCCCCCCCCCCCCCCC. The standard InChI is InChI=1S/C61H111N2O6P/c1-6-8-10-12-14-16-18-20-22-24-26-28-30-31-33-35-37-39-41-43-45-47-49-51-53-55-61(65)62-59(58-69-70(66,67)68-57-56-63(3,4)5)60(64)54-52-50-48-46-44-42-40-38-36-34-32-29-27-25-23-21-19-17-15-13-11-9-7-2/h8,10,14,16,20,22,26,28,31,33,37,39,52,54,59-60,64H,6-7,9,11-13,15,17-19,21,23-25,27,29-30,32,34-36,38,40-51,53,55-58H2,1-5H3,(H-,62,65,66,67)/p+1/b10-8-,16-14-,22-20-,28-26-,33-31-,39-37-,54-52+. The van der Waals surface area contributed by atoms with Crippen molar-refractivity contribution in [3.63, 3.8) is 0 Å². The van der Waals surface area contributed by atoms with E-state index in [1.165, 1.54) is 135 Å². The number of hydrogen-bond acceptors (Lipinski definition) is 5. The third-order valence-corrected chi connectivity index (χ3v) is 13.6. The van der Waals surface area contributed by atoms with Gasteiger partial charge >= 0.3 is 7.82 Å². The van der Waals surface area contributed by atoms with Crippen LogP contribution in [0.2, 0.25) is 0 Å². The summed E-state index contributed by atoms with van der Waals surface area (Å²) in [7, 11) is 1.55. The van der Waals surface area contributed by atoms with Crippen LogP contribution in [0.1, 0.15) is 245 Å². The highest BCUT2D eigenvalue weighted by atomic mass is 31.2. The molecule has 406 valence electrons. The maximum absolute atomic E-state index is 13.0. The number of aliphatic hydroxyl groups excluding tert-OH is 1. The number of quaternary nitrogens is 1. The molecule has 1 amide bonds. The number of carbonyl (C=O) groups is 1. The molecule has 0 spiro atoms. The highest BCUT2D eigenvalue weighted by Gasteiger charge is 2.27. The summed E-state index contributed by atoms with van der Waals surface area (Å²) in [6.07, 6.45) is 72.5. The largest absolute Gasteiger partial charge is 0.472 e. The van der Waals surface area contributed by atoms with E-state index >= 15 is 0 Å². The molecule has 3 N–H and O–H groups in total. The summed E-state index contributed by atoms with van der Waals surface area (Å²) in [6.45, 7) is 4.70. The van der Waals surface area contributed by atoms with Gasteiger partial charge in [-0.25, -0.2) is 4.57 Å². The Morgan fingerprint density at radius 1 is 0.500 bits per heavy atom. The van der Waals surface area contributed by atoms with Gasteiger partial charge in [-0.3, -0.25) is 13.8 Å². The minimum atomic E-state index is -4.36. The summed E-state index contributed by atoms with van der Waals surface area (Å²) < 4.78 is 23.7. The van der Waals surface area contributed by atoms with Crippen LogP contribution in [0.5, 0.6) is 0 Å². The predicted molar refractivity (Wildman–Crippen MR) is 304 cm³/mol. The number of unbranched alkanes of at least 4 members (excludes halogenated alkanes) is 27. The zero-order valence-corrected chi connectivity index (χ0v) is 47.1. The number of hydrogen-bond donors (Lipinski definition) is 3. The quantitative estimate of drug-likeness (QED) is 0.0243. The summed E-state index contributed by atoms with van der Waals surface area (Å²) >= 11 is 0. The lowest BCUT2D eigenvalue weighted by atomic mass is 10.0. The van der Waals surface area contributed by atoms with E-state index in [4.69, 9.17) is 9.05 Å². The van der Waals surface area contributed by atoms with Gasteiger partial charge in [0.2, 0.25) is 5.91 Å². The van der Waals surface area contributed by atoms with Crippen molar-refractivity contribution >= 4 is 13.7 Å². The third-order valence-electron chi connectivity index (χ3n) is 12.6. The number of allylic oxidation sites excluding steroid dienone is 13. The molecular weight excluding hydrogens is 888 g/mol. The van der Waals surface area contributed by atoms with E-state index in [9.17, 15) is 19.4 Å². The molecule has 0 saturated carbocycles. The first-order valence-electron chi connectivity index (χ1n) is 29.0. The Balaban J connectivity index is 4.29. The van der Waals surface area contributed by atoms with E-state index in [-0.39, 0.29) is 19.1 Å². The molecule has 0 aromatic rings. The first-order chi connectivity index (χ1) is 34.0. The topological polar surface area (TPSA) is 105 Å². The number of aliphatic hydroxyl groups is 1. The van der Waals surface area contributed by atoms with Crippen LogP contribution in [0, 0.1) is 0 Å². The fraction of sp³-hybridized carbons (Fsp3) is 0.754. The van der Waals surface area contributed by atoms with E-state index in [1.807, 2.05) is 27.2 Å². The Morgan fingerprint density at radius 2 is 0.857 bits per heavy atom. The highest BCUT2D eigenvalue weighted by Crippen LogP contribution is 2.43. The molecular formula is C61H112N2O6P+. The minimum Gasteiger partial charge on any atom is -0.387 e. The number of likely N-dealkylation sites (N-methyl/N-ethyl adjacent to an activating group) is 1. The normalized spacial score (nSPS) is 14.6. The van der Waals surface area contributed by atoms with Crippen molar-refractivity contribution < 1.29 is 32.9 Å². The molecule has 0 aliphatic carbocycles. The van der Waals surface area contributed by atoms with Crippen LogP contribution in [0.25, 0.3) is 0 Å². The molecule has 0 radical (unpaired) electrons. The summed E-state index contributed by atoms with van der Waals surface area (Å²) in [5.74, 6) is -0.193. The molecule has 0 rings (SSSR count). The molecule has 0 heterocycles. The van der Waals surface area contributed by atoms with E-state index in [0.717, 1.165) is 89.9 Å². The van der Waals surface area contributed by atoms with E-state index < -0.39 is 20.0 Å². The van der Waals surface area contributed by atoms with Crippen molar-refractivity contribution in [1.29, 1.82) is 0 Å². The molecule has 0 fully saturated rings. The lowest BCUT2D eigenvalue weighted by Gasteiger charge is -2.25. The van der Waals surface area contributed by atoms with Gasteiger partial charge in [0.05, 0.1) is 39.9 Å². The Labute approximate surface area is 433 Å². The molecule has 9 heteroatoms. The molecule has 0 aliphatic rings. The molecule has 0 aliphatic heterocycles. The molecule has 0 bridgehead atoms. The zero-order valence-electron chi connectivity index (χ0n) is 46.2. The number of rotatable bonds is 52. The number of phosphoric acid groups is 1. The van der Waals surface area contributed by atoms with Gasteiger partial charge in [-0.15, -0.1) is 0 Å². The zero-order chi connectivity index (χ0) is 51.3. The average molecular weight is 1000 g/mol. The molecule has 8 nitrogen and oxygen atoms in total. The van der Waals surface area contributed by atoms with Crippen molar-refractivity contribution in [2.45, 2.75) is 257 Å². The molecule has 3 atom stereocenters. The monoisotopic (exact) mass is 1000 g/mol. The second-order valence-electron chi connectivity index (χ2n) is 20.6. The van der Waals surface area contributed by atoms with Gasteiger partial charge in [-0.05, 0) is 70.6 Å². The van der Waals surface area contributed by atoms with Crippen molar-refractivity contribution in [3.05, 3.63) is 85.1 Å². The smallest absolute Gasteiger partial charge is 0.387 e. The summed E-state index contributed by atoms with van der Waals surface area (Å²) in [5, 5.41) is 13.9. The van der Waals surface area contributed by atoms with Gasteiger partial charge in [0.15, 0.2) is 0 Å². The molecule has 0 aromatic heterocycles. The summed E-state index contributed by atoms with van der Waals surface area (Å²) in [5.41, 5.74) is 0. The van der Waals surface area contributed by atoms with Gasteiger partial charge in [0.25, 0.3) is 0 Å². The number of phosphoric ester groups is 1. The number of carbonyl (C=O) groups excluding carboxylic acids is 1. The van der Waals surface area contributed by atoms with Gasteiger partial charge in [0, 0.05) is 6.42 Å². The number of nitrogens with one attached hydrogen (secondary N) is 1. The van der Waals surface area contributed by atoms with Crippen LogP contribution in [-0.2, 0) is 18.4 Å². The van der Waals surface area contributed by atoms with E-state index in [0.29, 0.717) is 17.4 Å². The van der Waals surface area contributed by atoms with Crippen molar-refractivity contribution in [2.75, 3.05) is 40.9 Å². The summed E-state index contributed by atoms with van der Waals surface area (Å²) in [6, 6.07) is -0.861. The van der Waals surface area contributed by atoms with Gasteiger partial charge in [0.1, 0.15) is 13.2 Å². The van der Waals surface area contributed by atoms with E-state index in [1.54, 1.807) is 6.08 Å². The third kappa shape index (κ3) is 53.5. The Morgan fingerprint density at radius 3 is 1.26 bits per heavy atom. The second-order valence-corrected chi connectivity index (χ2v) is 22.1. The molecule has 0 saturated heterocycles. The van der Waals surface area contributed by atoms with E-state index in [2.05, 4.69) is 92.1 Å². The maximum Gasteiger partial charge on any atom is 0.472 e. The fourth-order valence-electron chi connectivity index (χ4n) is 8.10. The molecule has 70 heavy (non-hydrogen) atoms. The second kappa shape index (κ2) is 51.6. The van der Waals surface area contributed by atoms with Crippen LogP contribution in [0.15, 0.2) is 85.1 Å². The average Bonchev–Trinajstić information content (AvgIpc) is 3.32. The number of nitrogens with zero attached hydrogens (tertiary/aromatic N) is 1. The lowest BCUT2D eigenvalue weighted by molar-refractivity contribution is -0.870. The van der Waals surface area contributed by atoms with Crippen LogP contribution in [0.3, 0.4) is 0 Å². The van der Waals surface area contributed by atoms with Gasteiger partial charge in [-0.2, -0.15) is 0 Å². The Hall–Kier alpha value is -2.32. The minimum absolute atomic E-state index is 0.0543. The highest BCUT2D eigenvalue weighted by molar-refractivity contribution is 7.47.